The molecule has 1 saturated heterocycles. The van der Waals surface area contributed by atoms with Gasteiger partial charge in [-0.25, -0.2) is 18.4 Å². The number of nitrogens with zero attached hydrogens (tertiary/aromatic N) is 5. The lowest BCUT2D eigenvalue weighted by Gasteiger charge is -2.34. The van der Waals surface area contributed by atoms with Crippen LogP contribution >= 0.6 is 0 Å². The summed E-state index contributed by atoms with van der Waals surface area (Å²) in [7, 11) is -3.52. The van der Waals surface area contributed by atoms with Gasteiger partial charge in [-0.05, 0) is 34.9 Å². The van der Waals surface area contributed by atoms with Gasteiger partial charge in [0.1, 0.15) is 0 Å². The molecule has 160 valence electrons. The number of aromatic nitrogens is 2. The average molecular weight is 436 g/mol. The fraction of sp³-hybridized carbons (Fsp3) is 0.304. The summed E-state index contributed by atoms with van der Waals surface area (Å²) in [6.45, 7) is 5.08. The van der Waals surface area contributed by atoms with Crippen molar-refractivity contribution in [2.75, 3.05) is 31.1 Å². The summed E-state index contributed by atoms with van der Waals surface area (Å²) in [4.78, 5) is 13.6. The standard InChI is InChI=1S/C23H25N5O2S/c29-31(30,28-17-20-6-1-2-7-21(20)18-28)22-8-3-5-19(15-22)16-26-11-13-27(14-12-26)23-24-9-4-10-25-23/h1-10,15H,11-14,16-18H2. The lowest BCUT2D eigenvalue weighted by molar-refractivity contribution is 0.248. The summed E-state index contributed by atoms with van der Waals surface area (Å²) in [5.74, 6) is 0.766. The Morgan fingerprint density at radius 2 is 1.48 bits per heavy atom. The van der Waals surface area contributed by atoms with Gasteiger partial charge in [0, 0.05) is 58.2 Å². The predicted octanol–water partition coefficient (Wildman–Crippen LogP) is 2.50. The van der Waals surface area contributed by atoms with Crippen molar-refractivity contribution in [1.29, 1.82) is 0 Å². The molecule has 0 radical (unpaired) electrons. The number of rotatable bonds is 5. The molecule has 31 heavy (non-hydrogen) atoms. The molecule has 3 aromatic rings. The Labute approximate surface area is 183 Å². The van der Waals surface area contributed by atoms with Crippen molar-refractivity contribution in [2.24, 2.45) is 0 Å². The molecule has 0 N–H and O–H groups in total. The summed E-state index contributed by atoms with van der Waals surface area (Å²) in [6, 6.07) is 17.1. The van der Waals surface area contributed by atoms with Gasteiger partial charge < -0.3 is 4.90 Å². The van der Waals surface area contributed by atoms with Crippen LogP contribution < -0.4 is 4.90 Å². The minimum atomic E-state index is -3.52. The highest BCUT2D eigenvalue weighted by Gasteiger charge is 2.30. The zero-order chi connectivity index (χ0) is 21.3. The highest BCUT2D eigenvalue weighted by Crippen LogP contribution is 2.29. The first-order valence-corrected chi connectivity index (χ1v) is 11.9. The minimum Gasteiger partial charge on any atom is -0.338 e. The third kappa shape index (κ3) is 4.19. The van der Waals surface area contributed by atoms with Gasteiger partial charge in [0.05, 0.1) is 4.90 Å². The third-order valence-corrected chi connectivity index (χ3v) is 7.75. The molecule has 2 aliphatic rings. The Balaban J connectivity index is 1.25. The van der Waals surface area contributed by atoms with E-state index in [0.29, 0.717) is 18.0 Å². The Morgan fingerprint density at radius 1 is 0.806 bits per heavy atom. The van der Waals surface area contributed by atoms with Gasteiger partial charge in [0.25, 0.3) is 0 Å². The monoisotopic (exact) mass is 435 g/mol. The van der Waals surface area contributed by atoms with Gasteiger partial charge in [0.15, 0.2) is 0 Å². The molecule has 0 unspecified atom stereocenters. The van der Waals surface area contributed by atoms with Gasteiger partial charge in [-0.3, -0.25) is 4.90 Å². The van der Waals surface area contributed by atoms with E-state index >= 15 is 0 Å². The summed E-state index contributed by atoms with van der Waals surface area (Å²) >= 11 is 0. The fourth-order valence-electron chi connectivity index (χ4n) is 4.24. The van der Waals surface area contributed by atoms with Gasteiger partial charge in [-0.1, -0.05) is 36.4 Å². The molecular weight excluding hydrogens is 410 g/mol. The van der Waals surface area contributed by atoms with Gasteiger partial charge in [-0.15, -0.1) is 0 Å². The molecule has 2 aliphatic heterocycles. The van der Waals surface area contributed by atoms with Crippen molar-refractivity contribution < 1.29 is 8.42 Å². The van der Waals surface area contributed by atoms with E-state index in [-0.39, 0.29) is 0 Å². The summed E-state index contributed by atoms with van der Waals surface area (Å²) in [6.07, 6.45) is 3.53. The molecule has 0 saturated carbocycles. The van der Waals surface area contributed by atoms with Crippen molar-refractivity contribution in [3.63, 3.8) is 0 Å². The molecule has 0 spiro atoms. The van der Waals surface area contributed by atoms with E-state index in [9.17, 15) is 8.42 Å². The molecule has 0 aliphatic carbocycles. The van der Waals surface area contributed by atoms with Crippen molar-refractivity contribution in [3.8, 4) is 0 Å². The maximum atomic E-state index is 13.2. The molecule has 0 atom stereocenters. The molecule has 2 aromatic carbocycles. The SMILES string of the molecule is O=S(=O)(c1cccc(CN2CCN(c3ncccn3)CC2)c1)N1Cc2ccccc2C1. The highest BCUT2D eigenvalue weighted by molar-refractivity contribution is 7.89. The van der Waals surface area contributed by atoms with Crippen LogP contribution in [0.5, 0.6) is 0 Å². The number of hydrogen-bond acceptors (Lipinski definition) is 6. The van der Waals surface area contributed by atoms with E-state index in [1.807, 2.05) is 48.5 Å². The van der Waals surface area contributed by atoms with Crippen molar-refractivity contribution in [1.82, 2.24) is 19.2 Å². The van der Waals surface area contributed by atoms with Crippen molar-refractivity contribution in [3.05, 3.63) is 83.7 Å². The first-order chi connectivity index (χ1) is 15.1. The summed E-state index contributed by atoms with van der Waals surface area (Å²) in [5.41, 5.74) is 3.19. The smallest absolute Gasteiger partial charge is 0.243 e. The van der Waals surface area contributed by atoms with Crippen LogP contribution in [-0.4, -0.2) is 53.8 Å². The molecule has 0 bridgehead atoms. The summed E-state index contributed by atoms with van der Waals surface area (Å²) in [5, 5.41) is 0. The number of fused-ring (bicyclic) bond motifs is 1. The number of anilines is 1. The van der Waals surface area contributed by atoms with E-state index in [4.69, 9.17) is 0 Å². The molecule has 7 nitrogen and oxygen atoms in total. The maximum Gasteiger partial charge on any atom is 0.243 e. The number of piperazine rings is 1. The Kier molecular flexibility index (Phi) is 5.43. The molecular formula is C23H25N5O2S. The van der Waals surface area contributed by atoms with Crippen LogP contribution in [0.3, 0.4) is 0 Å². The fourth-order valence-corrected chi connectivity index (χ4v) is 5.71. The predicted molar refractivity (Wildman–Crippen MR) is 119 cm³/mol. The topological polar surface area (TPSA) is 69.6 Å². The minimum absolute atomic E-state index is 0.370. The Morgan fingerprint density at radius 3 is 2.16 bits per heavy atom. The second kappa shape index (κ2) is 8.37. The summed E-state index contributed by atoms with van der Waals surface area (Å²) < 4.78 is 28.0. The van der Waals surface area contributed by atoms with Crippen molar-refractivity contribution in [2.45, 2.75) is 24.5 Å². The Bertz CT molecular complexity index is 1140. The quantitative estimate of drug-likeness (QED) is 0.613. The number of benzene rings is 2. The van der Waals surface area contributed by atoms with Crippen LogP contribution in [0.4, 0.5) is 5.95 Å². The molecule has 8 heteroatoms. The van der Waals surface area contributed by atoms with E-state index in [0.717, 1.165) is 55.4 Å². The normalized spacial score (nSPS) is 17.6. The van der Waals surface area contributed by atoms with Crippen LogP contribution in [0.1, 0.15) is 16.7 Å². The lowest BCUT2D eigenvalue weighted by atomic mass is 10.1. The van der Waals surface area contributed by atoms with Gasteiger partial charge in [0.2, 0.25) is 16.0 Å². The van der Waals surface area contributed by atoms with E-state index in [1.54, 1.807) is 22.8 Å². The van der Waals surface area contributed by atoms with E-state index < -0.39 is 10.0 Å². The van der Waals surface area contributed by atoms with E-state index in [2.05, 4.69) is 19.8 Å². The number of hydrogen-bond donors (Lipinski definition) is 0. The molecule has 5 rings (SSSR count). The lowest BCUT2D eigenvalue weighted by Crippen LogP contribution is -2.46. The zero-order valence-electron chi connectivity index (χ0n) is 17.3. The maximum absolute atomic E-state index is 13.2. The van der Waals surface area contributed by atoms with Gasteiger partial charge >= 0.3 is 0 Å². The van der Waals surface area contributed by atoms with Crippen LogP contribution in [0.15, 0.2) is 71.9 Å². The van der Waals surface area contributed by atoms with Crippen LogP contribution in [0, 0.1) is 0 Å². The van der Waals surface area contributed by atoms with Crippen molar-refractivity contribution >= 4 is 16.0 Å². The number of sulfonamides is 1. The van der Waals surface area contributed by atoms with Gasteiger partial charge in [-0.2, -0.15) is 4.31 Å². The molecule has 1 fully saturated rings. The van der Waals surface area contributed by atoms with Crippen LogP contribution in [0.25, 0.3) is 0 Å². The second-order valence-electron chi connectivity index (χ2n) is 8.00. The first kappa shape index (κ1) is 20.1. The zero-order valence-corrected chi connectivity index (χ0v) is 18.1. The Hall–Kier alpha value is -2.81. The average Bonchev–Trinajstić information content (AvgIpc) is 3.26. The second-order valence-corrected chi connectivity index (χ2v) is 9.94. The molecule has 1 aromatic heterocycles. The molecule has 3 heterocycles. The largest absolute Gasteiger partial charge is 0.338 e. The van der Waals surface area contributed by atoms with Crippen LogP contribution in [-0.2, 0) is 29.7 Å². The van der Waals surface area contributed by atoms with E-state index in [1.165, 1.54) is 0 Å². The van der Waals surface area contributed by atoms with Crippen LogP contribution in [0.2, 0.25) is 0 Å². The third-order valence-electron chi connectivity index (χ3n) is 5.96. The first-order valence-electron chi connectivity index (χ1n) is 10.5. The highest BCUT2D eigenvalue weighted by atomic mass is 32.2. The molecule has 0 amide bonds.